The summed E-state index contributed by atoms with van der Waals surface area (Å²) in [6.45, 7) is 2.70. The Balaban J connectivity index is 1.39. The van der Waals surface area contributed by atoms with E-state index in [1.807, 2.05) is 19.2 Å². The van der Waals surface area contributed by atoms with Crippen LogP contribution in [-0.4, -0.2) is 51.5 Å². The van der Waals surface area contributed by atoms with E-state index in [1.165, 1.54) is 55.2 Å². The van der Waals surface area contributed by atoms with Gasteiger partial charge >= 0.3 is 0 Å². The van der Waals surface area contributed by atoms with E-state index in [0.717, 1.165) is 33.4 Å². The van der Waals surface area contributed by atoms with Crippen LogP contribution >= 0.6 is 34.7 Å². The van der Waals surface area contributed by atoms with Crippen LogP contribution in [0.25, 0.3) is 0 Å². The smallest absolute Gasteiger partial charge is 0.233 e. The average Bonchev–Trinajstić information content (AvgIpc) is 3.30. The Bertz CT molecular complexity index is 798. The molecule has 3 heterocycles. The summed E-state index contributed by atoms with van der Waals surface area (Å²) in [5.74, 6) is 1.46. The molecule has 1 aliphatic heterocycles. The number of aromatic nitrogens is 3. The van der Waals surface area contributed by atoms with Crippen molar-refractivity contribution >= 4 is 46.6 Å². The second-order valence-electron chi connectivity index (χ2n) is 7.18. The fourth-order valence-electron chi connectivity index (χ4n) is 3.32. The van der Waals surface area contributed by atoms with Gasteiger partial charge < -0.3 is 9.80 Å². The number of nitrogens with zero attached hydrogens (tertiary/aromatic N) is 5. The van der Waals surface area contributed by atoms with Crippen LogP contribution in [0.15, 0.2) is 17.3 Å². The molecule has 0 atom stereocenters. The molecule has 2 fully saturated rings. The summed E-state index contributed by atoms with van der Waals surface area (Å²) < 4.78 is 3.02. The monoisotopic (exact) mass is 425 g/mol. The van der Waals surface area contributed by atoms with Gasteiger partial charge in [0.25, 0.3) is 0 Å². The van der Waals surface area contributed by atoms with Crippen molar-refractivity contribution in [3.63, 3.8) is 0 Å². The van der Waals surface area contributed by atoms with Crippen molar-refractivity contribution in [2.45, 2.75) is 49.8 Å². The van der Waals surface area contributed by atoms with Gasteiger partial charge in [-0.25, -0.2) is 0 Å². The van der Waals surface area contributed by atoms with Gasteiger partial charge in [-0.3, -0.25) is 9.36 Å². The third-order valence-corrected chi connectivity index (χ3v) is 7.11. The normalized spacial score (nSPS) is 17.3. The van der Waals surface area contributed by atoms with Crippen LogP contribution in [0.2, 0.25) is 4.34 Å². The molecule has 2 aliphatic rings. The predicted octanol–water partition coefficient (Wildman–Crippen LogP) is 4.07. The minimum atomic E-state index is 0.0920. The summed E-state index contributed by atoms with van der Waals surface area (Å²) in [6.07, 6.45) is 6.09. The van der Waals surface area contributed by atoms with Gasteiger partial charge in [0.1, 0.15) is 0 Å². The maximum absolute atomic E-state index is 12.5. The van der Waals surface area contributed by atoms with E-state index in [4.69, 9.17) is 11.6 Å². The summed E-state index contributed by atoms with van der Waals surface area (Å²) in [7, 11) is 1.83. The number of piperidine rings is 1. The molecule has 0 spiro atoms. The number of hydrogen-bond acceptors (Lipinski definition) is 6. The Kier molecular flexibility index (Phi) is 5.94. The first kappa shape index (κ1) is 19.1. The molecule has 27 heavy (non-hydrogen) atoms. The summed E-state index contributed by atoms with van der Waals surface area (Å²) >= 11 is 8.99. The minimum Gasteiger partial charge on any atom is -0.341 e. The van der Waals surface area contributed by atoms with Crippen LogP contribution in [0.5, 0.6) is 0 Å². The zero-order valence-corrected chi connectivity index (χ0v) is 17.8. The Labute approximate surface area is 172 Å². The molecule has 1 amide bonds. The van der Waals surface area contributed by atoms with Crippen molar-refractivity contribution in [2.75, 3.05) is 30.8 Å². The molecule has 0 bridgehead atoms. The number of rotatable bonds is 7. The van der Waals surface area contributed by atoms with Crippen LogP contribution in [0.4, 0.5) is 5.95 Å². The van der Waals surface area contributed by atoms with Crippen molar-refractivity contribution in [3.8, 4) is 0 Å². The van der Waals surface area contributed by atoms with Crippen molar-refractivity contribution in [3.05, 3.63) is 21.3 Å². The van der Waals surface area contributed by atoms with Crippen LogP contribution < -0.4 is 4.90 Å². The van der Waals surface area contributed by atoms with Gasteiger partial charge in [-0.15, -0.1) is 21.5 Å². The molecule has 0 aromatic carbocycles. The van der Waals surface area contributed by atoms with Crippen LogP contribution in [0, 0.1) is 0 Å². The highest BCUT2D eigenvalue weighted by Crippen LogP contribution is 2.41. The number of thioether (sulfide) groups is 1. The van der Waals surface area contributed by atoms with Gasteiger partial charge in [0.15, 0.2) is 5.16 Å². The highest BCUT2D eigenvalue weighted by atomic mass is 35.5. The zero-order valence-electron chi connectivity index (χ0n) is 15.4. The van der Waals surface area contributed by atoms with E-state index in [1.54, 1.807) is 4.90 Å². The summed E-state index contributed by atoms with van der Waals surface area (Å²) in [4.78, 5) is 17.7. The SMILES string of the molecule is CN(Cc1ccc(Cl)s1)C(=O)CSc1nnc(N2CCCCC2)n1C1CC1. The third kappa shape index (κ3) is 4.60. The molecular formula is C18H24ClN5OS2. The maximum Gasteiger partial charge on any atom is 0.233 e. The Morgan fingerprint density at radius 1 is 1.30 bits per heavy atom. The number of amides is 1. The number of halogens is 1. The molecule has 1 aliphatic carbocycles. The van der Waals surface area contributed by atoms with E-state index in [-0.39, 0.29) is 5.91 Å². The van der Waals surface area contributed by atoms with E-state index < -0.39 is 0 Å². The molecule has 9 heteroatoms. The van der Waals surface area contributed by atoms with Gasteiger partial charge in [-0.2, -0.15) is 0 Å². The van der Waals surface area contributed by atoms with Crippen LogP contribution in [-0.2, 0) is 11.3 Å². The molecule has 1 saturated heterocycles. The highest BCUT2D eigenvalue weighted by molar-refractivity contribution is 7.99. The summed E-state index contributed by atoms with van der Waals surface area (Å²) in [6, 6.07) is 4.34. The van der Waals surface area contributed by atoms with Crippen molar-refractivity contribution < 1.29 is 4.79 Å². The second kappa shape index (κ2) is 8.41. The standard InChI is InChI=1S/C18H24ClN5OS2/c1-22(11-14-7-8-15(19)27-14)16(25)12-26-18-21-20-17(24(18)13-5-6-13)23-9-3-2-4-10-23/h7-8,13H,2-6,9-12H2,1H3. The first-order valence-electron chi connectivity index (χ1n) is 9.42. The summed E-state index contributed by atoms with van der Waals surface area (Å²) in [5.41, 5.74) is 0. The molecule has 4 rings (SSSR count). The maximum atomic E-state index is 12.5. The van der Waals surface area contributed by atoms with E-state index >= 15 is 0 Å². The van der Waals surface area contributed by atoms with E-state index in [2.05, 4.69) is 19.7 Å². The highest BCUT2D eigenvalue weighted by Gasteiger charge is 2.32. The topological polar surface area (TPSA) is 54.3 Å². The number of hydrogen-bond donors (Lipinski definition) is 0. The third-order valence-electron chi connectivity index (χ3n) is 4.97. The van der Waals surface area contributed by atoms with Crippen LogP contribution in [0.3, 0.4) is 0 Å². The number of anilines is 1. The zero-order chi connectivity index (χ0) is 18.8. The molecule has 0 unspecified atom stereocenters. The van der Waals surface area contributed by atoms with Gasteiger partial charge in [0.05, 0.1) is 16.6 Å². The van der Waals surface area contributed by atoms with Crippen molar-refractivity contribution in [1.29, 1.82) is 0 Å². The molecule has 0 N–H and O–H groups in total. The fourth-order valence-corrected chi connectivity index (χ4v) is 5.41. The molecule has 1 saturated carbocycles. The first-order chi connectivity index (χ1) is 13.1. The van der Waals surface area contributed by atoms with Gasteiger partial charge in [0, 0.05) is 31.1 Å². The average molecular weight is 426 g/mol. The van der Waals surface area contributed by atoms with Crippen molar-refractivity contribution in [1.82, 2.24) is 19.7 Å². The predicted molar refractivity (Wildman–Crippen MR) is 111 cm³/mol. The quantitative estimate of drug-likeness (QED) is 0.626. The molecule has 0 radical (unpaired) electrons. The number of carbonyl (C=O) groups is 1. The lowest BCUT2D eigenvalue weighted by Gasteiger charge is -2.27. The van der Waals surface area contributed by atoms with Gasteiger partial charge in [0.2, 0.25) is 11.9 Å². The minimum absolute atomic E-state index is 0.0920. The Hall–Kier alpha value is -1.25. The second-order valence-corrected chi connectivity index (χ2v) is 9.92. The molecule has 146 valence electrons. The lowest BCUT2D eigenvalue weighted by Crippen LogP contribution is -2.32. The molecule has 6 nitrogen and oxygen atoms in total. The Morgan fingerprint density at radius 2 is 2.07 bits per heavy atom. The molecule has 2 aromatic rings. The molecule has 2 aromatic heterocycles. The van der Waals surface area contributed by atoms with Gasteiger partial charge in [-0.1, -0.05) is 23.4 Å². The fraction of sp³-hybridized carbons (Fsp3) is 0.611. The van der Waals surface area contributed by atoms with Crippen LogP contribution in [0.1, 0.15) is 43.0 Å². The first-order valence-corrected chi connectivity index (χ1v) is 11.6. The van der Waals surface area contributed by atoms with E-state index in [9.17, 15) is 4.79 Å². The lowest BCUT2D eigenvalue weighted by molar-refractivity contribution is -0.127. The van der Waals surface area contributed by atoms with Gasteiger partial charge in [-0.05, 0) is 44.2 Å². The lowest BCUT2D eigenvalue weighted by atomic mass is 10.1. The number of thiophene rings is 1. The molecular weight excluding hydrogens is 402 g/mol. The number of carbonyl (C=O) groups excluding carboxylic acids is 1. The largest absolute Gasteiger partial charge is 0.341 e. The Morgan fingerprint density at radius 3 is 2.74 bits per heavy atom. The van der Waals surface area contributed by atoms with E-state index in [0.29, 0.717) is 18.3 Å². The van der Waals surface area contributed by atoms with Crippen molar-refractivity contribution in [2.24, 2.45) is 0 Å². The summed E-state index contributed by atoms with van der Waals surface area (Å²) in [5, 5.41) is 9.77.